The van der Waals surface area contributed by atoms with E-state index in [2.05, 4.69) is 10.2 Å². The van der Waals surface area contributed by atoms with E-state index < -0.39 is 17.6 Å². The zero-order valence-electron chi connectivity index (χ0n) is 11.1. The predicted octanol–water partition coefficient (Wildman–Crippen LogP) is 3.35. The number of fused-ring (bicyclic) bond motifs is 1. The highest BCUT2D eigenvalue weighted by atomic mass is 19.4. The standard InChI is InChI=1S/C15H10F3N3O/c16-15(17,18)10-5-6-12-11(7-10)13(21-20-12)8-1-3-9(4-2-8)14(19)22/h1-7H,(H2,19,22)(H,20,21). The van der Waals surface area contributed by atoms with Crippen molar-refractivity contribution in [1.82, 2.24) is 10.2 Å². The predicted molar refractivity (Wildman–Crippen MR) is 75.0 cm³/mol. The molecular weight excluding hydrogens is 295 g/mol. The maximum atomic E-state index is 12.8. The Balaban J connectivity index is 2.12. The van der Waals surface area contributed by atoms with Crippen molar-refractivity contribution < 1.29 is 18.0 Å². The second-order valence-corrected chi connectivity index (χ2v) is 4.77. The van der Waals surface area contributed by atoms with Crippen molar-refractivity contribution in [2.45, 2.75) is 6.18 Å². The lowest BCUT2D eigenvalue weighted by molar-refractivity contribution is -0.137. The molecule has 1 aromatic heterocycles. The average Bonchev–Trinajstić information content (AvgIpc) is 2.89. The van der Waals surface area contributed by atoms with Crippen LogP contribution in [-0.2, 0) is 6.18 Å². The molecule has 0 spiro atoms. The van der Waals surface area contributed by atoms with Crippen LogP contribution in [0, 0.1) is 0 Å². The molecule has 3 rings (SSSR count). The Morgan fingerprint density at radius 2 is 1.77 bits per heavy atom. The van der Waals surface area contributed by atoms with Crippen LogP contribution in [0.25, 0.3) is 22.2 Å². The number of hydrogen-bond donors (Lipinski definition) is 2. The van der Waals surface area contributed by atoms with Gasteiger partial charge in [0.25, 0.3) is 0 Å². The number of benzene rings is 2. The summed E-state index contributed by atoms with van der Waals surface area (Å²) < 4.78 is 38.4. The summed E-state index contributed by atoms with van der Waals surface area (Å²) in [5.41, 5.74) is 6.22. The largest absolute Gasteiger partial charge is 0.416 e. The Bertz CT molecular complexity index is 851. The minimum absolute atomic E-state index is 0.319. The van der Waals surface area contributed by atoms with Gasteiger partial charge < -0.3 is 5.73 Å². The number of nitrogens with zero attached hydrogens (tertiary/aromatic N) is 1. The Morgan fingerprint density at radius 1 is 1.09 bits per heavy atom. The van der Waals surface area contributed by atoms with Crippen LogP contribution in [0.2, 0.25) is 0 Å². The molecule has 2 aromatic carbocycles. The third-order valence-electron chi connectivity index (χ3n) is 3.33. The Labute approximate surface area is 122 Å². The summed E-state index contributed by atoms with van der Waals surface area (Å²) >= 11 is 0. The molecule has 0 aliphatic rings. The van der Waals surface area contributed by atoms with Crippen molar-refractivity contribution in [3.8, 4) is 11.3 Å². The zero-order valence-corrected chi connectivity index (χ0v) is 11.1. The monoisotopic (exact) mass is 305 g/mol. The SMILES string of the molecule is NC(=O)c1ccc(-c2n[nH]c3ccc(C(F)(F)F)cc23)cc1. The summed E-state index contributed by atoms with van der Waals surface area (Å²) in [5, 5.41) is 7.11. The fraction of sp³-hybridized carbons (Fsp3) is 0.0667. The van der Waals surface area contributed by atoms with E-state index in [0.717, 1.165) is 12.1 Å². The molecule has 22 heavy (non-hydrogen) atoms. The fourth-order valence-corrected chi connectivity index (χ4v) is 2.20. The molecule has 0 fully saturated rings. The van der Waals surface area contributed by atoms with Crippen LogP contribution in [0.1, 0.15) is 15.9 Å². The summed E-state index contributed by atoms with van der Waals surface area (Å²) in [7, 11) is 0. The number of aromatic amines is 1. The number of rotatable bonds is 2. The van der Waals surface area contributed by atoms with Gasteiger partial charge in [0.15, 0.2) is 0 Å². The fourth-order valence-electron chi connectivity index (χ4n) is 2.20. The maximum absolute atomic E-state index is 12.8. The molecule has 0 bridgehead atoms. The number of amides is 1. The molecule has 112 valence electrons. The molecule has 1 amide bonds. The van der Waals surface area contributed by atoms with E-state index in [1.54, 1.807) is 12.1 Å². The van der Waals surface area contributed by atoms with Crippen LogP contribution in [0.3, 0.4) is 0 Å². The maximum Gasteiger partial charge on any atom is 0.416 e. The molecule has 0 radical (unpaired) electrons. The van der Waals surface area contributed by atoms with E-state index in [-0.39, 0.29) is 0 Å². The van der Waals surface area contributed by atoms with Crippen LogP contribution < -0.4 is 5.73 Å². The smallest absolute Gasteiger partial charge is 0.366 e. The van der Waals surface area contributed by atoms with Crippen LogP contribution >= 0.6 is 0 Å². The number of alkyl halides is 3. The van der Waals surface area contributed by atoms with Gasteiger partial charge >= 0.3 is 6.18 Å². The van der Waals surface area contributed by atoms with Crippen molar-refractivity contribution in [2.24, 2.45) is 5.73 Å². The normalized spacial score (nSPS) is 11.8. The topological polar surface area (TPSA) is 71.8 Å². The molecule has 0 saturated heterocycles. The number of nitrogens with two attached hydrogens (primary N) is 1. The third kappa shape index (κ3) is 2.41. The second-order valence-electron chi connectivity index (χ2n) is 4.77. The quantitative estimate of drug-likeness (QED) is 0.762. The van der Waals surface area contributed by atoms with Gasteiger partial charge in [-0.2, -0.15) is 18.3 Å². The molecule has 4 nitrogen and oxygen atoms in total. The van der Waals surface area contributed by atoms with Crippen molar-refractivity contribution in [3.05, 3.63) is 53.6 Å². The second kappa shape index (κ2) is 4.87. The van der Waals surface area contributed by atoms with E-state index >= 15 is 0 Å². The first kappa shape index (κ1) is 14.1. The number of aromatic nitrogens is 2. The number of H-pyrrole nitrogens is 1. The van der Waals surface area contributed by atoms with Gasteiger partial charge in [0, 0.05) is 16.5 Å². The molecule has 1 heterocycles. The molecular formula is C15H10F3N3O. The lowest BCUT2D eigenvalue weighted by Gasteiger charge is -2.06. The minimum atomic E-state index is -4.42. The van der Waals surface area contributed by atoms with E-state index in [4.69, 9.17) is 5.73 Å². The van der Waals surface area contributed by atoms with E-state index in [1.165, 1.54) is 18.2 Å². The molecule has 0 aliphatic heterocycles. The molecule has 0 unspecified atom stereocenters. The average molecular weight is 305 g/mol. The van der Waals surface area contributed by atoms with Gasteiger partial charge in [-0.05, 0) is 30.3 Å². The van der Waals surface area contributed by atoms with Crippen LogP contribution in [-0.4, -0.2) is 16.1 Å². The number of halogens is 3. The van der Waals surface area contributed by atoms with Crippen molar-refractivity contribution in [1.29, 1.82) is 0 Å². The lowest BCUT2D eigenvalue weighted by Crippen LogP contribution is -2.10. The van der Waals surface area contributed by atoms with Gasteiger partial charge in [-0.15, -0.1) is 0 Å². The Hall–Kier alpha value is -2.83. The van der Waals surface area contributed by atoms with Gasteiger partial charge in [0.1, 0.15) is 0 Å². The lowest BCUT2D eigenvalue weighted by atomic mass is 10.0. The summed E-state index contributed by atoms with van der Waals surface area (Å²) in [6, 6.07) is 9.59. The van der Waals surface area contributed by atoms with Gasteiger partial charge in [-0.1, -0.05) is 12.1 Å². The van der Waals surface area contributed by atoms with Gasteiger partial charge in [0.2, 0.25) is 5.91 Å². The van der Waals surface area contributed by atoms with E-state index in [1.807, 2.05) is 0 Å². The highest BCUT2D eigenvalue weighted by molar-refractivity contribution is 5.96. The Kier molecular flexibility index (Phi) is 3.13. The number of primary amides is 1. The number of carbonyl (C=O) groups excluding carboxylic acids is 1. The number of carbonyl (C=O) groups is 1. The molecule has 0 atom stereocenters. The van der Waals surface area contributed by atoms with E-state index in [0.29, 0.717) is 27.7 Å². The zero-order chi connectivity index (χ0) is 15.9. The summed E-state index contributed by atoms with van der Waals surface area (Å²) in [4.78, 5) is 11.0. The van der Waals surface area contributed by atoms with Gasteiger partial charge in [0.05, 0.1) is 16.8 Å². The molecule has 0 aliphatic carbocycles. The van der Waals surface area contributed by atoms with Crippen LogP contribution in [0.15, 0.2) is 42.5 Å². The van der Waals surface area contributed by atoms with Crippen molar-refractivity contribution in [3.63, 3.8) is 0 Å². The minimum Gasteiger partial charge on any atom is -0.366 e. The summed E-state index contributed by atoms with van der Waals surface area (Å²) in [6.07, 6.45) is -4.42. The third-order valence-corrected chi connectivity index (χ3v) is 3.33. The number of hydrogen-bond acceptors (Lipinski definition) is 2. The highest BCUT2D eigenvalue weighted by Gasteiger charge is 2.31. The van der Waals surface area contributed by atoms with Gasteiger partial charge in [-0.3, -0.25) is 9.89 Å². The molecule has 3 aromatic rings. The van der Waals surface area contributed by atoms with Crippen molar-refractivity contribution in [2.75, 3.05) is 0 Å². The highest BCUT2D eigenvalue weighted by Crippen LogP contribution is 2.34. The van der Waals surface area contributed by atoms with Crippen molar-refractivity contribution >= 4 is 16.8 Å². The summed E-state index contributed by atoms with van der Waals surface area (Å²) in [6.45, 7) is 0. The summed E-state index contributed by atoms with van der Waals surface area (Å²) in [5.74, 6) is -0.571. The van der Waals surface area contributed by atoms with Crippen LogP contribution in [0.5, 0.6) is 0 Å². The molecule has 7 heteroatoms. The van der Waals surface area contributed by atoms with Gasteiger partial charge in [-0.25, -0.2) is 0 Å². The number of nitrogens with one attached hydrogen (secondary N) is 1. The first-order valence-electron chi connectivity index (χ1n) is 6.32. The Morgan fingerprint density at radius 3 is 2.36 bits per heavy atom. The molecule has 0 saturated carbocycles. The first-order valence-corrected chi connectivity index (χ1v) is 6.32. The first-order chi connectivity index (χ1) is 10.4. The van der Waals surface area contributed by atoms with E-state index in [9.17, 15) is 18.0 Å². The van der Waals surface area contributed by atoms with Crippen LogP contribution in [0.4, 0.5) is 13.2 Å². The molecule has 3 N–H and O–H groups in total.